The Morgan fingerprint density at radius 3 is 2.74 bits per heavy atom. The SMILES string of the molecule is CN1CCN(CCNc2ccnc3cc4c(cc23)OCO4)CC1. The molecular weight excluding hydrogens is 292 g/mol. The van der Waals surface area contributed by atoms with Gasteiger partial charge in [0.05, 0.1) is 5.52 Å². The Hall–Kier alpha value is -2.05. The van der Waals surface area contributed by atoms with Gasteiger partial charge in [-0.2, -0.15) is 0 Å². The normalized spacial score (nSPS) is 18.5. The van der Waals surface area contributed by atoms with Gasteiger partial charge in [0.2, 0.25) is 6.79 Å². The van der Waals surface area contributed by atoms with E-state index in [1.165, 1.54) is 0 Å². The summed E-state index contributed by atoms with van der Waals surface area (Å²) in [6.07, 6.45) is 1.84. The summed E-state index contributed by atoms with van der Waals surface area (Å²) in [5.74, 6) is 1.58. The lowest BCUT2D eigenvalue weighted by atomic mass is 10.1. The Balaban J connectivity index is 1.44. The molecule has 0 spiro atoms. The molecule has 0 unspecified atom stereocenters. The van der Waals surface area contributed by atoms with Gasteiger partial charge in [0.25, 0.3) is 0 Å². The molecule has 0 amide bonds. The summed E-state index contributed by atoms with van der Waals surface area (Å²) in [4.78, 5) is 9.32. The average molecular weight is 314 g/mol. The molecule has 0 atom stereocenters. The fourth-order valence-electron chi connectivity index (χ4n) is 3.11. The number of ether oxygens (including phenoxy) is 2. The van der Waals surface area contributed by atoms with E-state index in [0.29, 0.717) is 0 Å². The van der Waals surface area contributed by atoms with Crippen LogP contribution < -0.4 is 14.8 Å². The van der Waals surface area contributed by atoms with E-state index in [1.54, 1.807) is 0 Å². The van der Waals surface area contributed by atoms with Crippen molar-refractivity contribution in [1.82, 2.24) is 14.8 Å². The molecule has 0 aliphatic carbocycles. The first kappa shape index (κ1) is 14.5. The highest BCUT2D eigenvalue weighted by molar-refractivity contribution is 5.93. The number of aromatic nitrogens is 1. The number of hydrogen-bond acceptors (Lipinski definition) is 6. The lowest BCUT2D eigenvalue weighted by Crippen LogP contribution is -2.45. The van der Waals surface area contributed by atoms with Crippen molar-refractivity contribution < 1.29 is 9.47 Å². The molecule has 2 aromatic rings. The molecule has 1 aromatic heterocycles. The Labute approximate surface area is 136 Å². The highest BCUT2D eigenvalue weighted by Crippen LogP contribution is 2.37. The van der Waals surface area contributed by atoms with Crippen LogP contribution in [-0.2, 0) is 0 Å². The van der Waals surface area contributed by atoms with Gasteiger partial charge in [0, 0.05) is 62.6 Å². The van der Waals surface area contributed by atoms with Crippen LogP contribution in [0.3, 0.4) is 0 Å². The van der Waals surface area contributed by atoms with Crippen LogP contribution >= 0.6 is 0 Å². The number of anilines is 1. The summed E-state index contributed by atoms with van der Waals surface area (Å²) in [6, 6.07) is 5.99. The third kappa shape index (κ3) is 3.04. The molecule has 1 aromatic carbocycles. The molecular formula is C17H22N4O2. The van der Waals surface area contributed by atoms with Gasteiger partial charge in [-0.3, -0.25) is 9.88 Å². The van der Waals surface area contributed by atoms with E-state index in [2.05, 4.69) is 27.1 Å². The minimum absolute atomic E-state index is 0.290. The Morgan fingerprint density at radius 2 is 1.91 bits per heavy atom. The third-order valence-electron chi connectivity index (χ3n) is 4.58. The number of rotatable bonds is 4. The third-order valence-corrected chi connectivity index (χ3v) is 4.58. The number of pyridine rings is 1. The molecule has 2 aliphatic heterocycles. The average Bonchev–Trinajstić information content (AvgIpc) is 3.02. The van der Waals surface area contributed by atoms with Crippen molar-refractivity contribution >= 4 is 16.6 Å². The lowest BCUT2D eigenvalue weighted by Gasteiger charge is -2.32. The van der Waals surface area contributed by atoms with Crippen molar-refractivity contribution in [2.24, 2.45) is 0 Å². The standard InChI is InChI=1S/C17H22N4O2/c1-20-6-8-21(9-7-20)5-4-19-14-2-3-18-15-11-17-16(10-13(14)15)22-12-23-17/h2-3,10-11H,4-9,12H2,1H3,(H,18,19). The zero-order chi connectivity index (χ0) is 15.6. The number of likely N-dealkylation sites (N-methyl/N-ethyl adjacent to an activating group) is 1. The first-order valence-electron chi connectivity index (χ1n) is 8.13. The van der Waals surface area contributed by atoms with E-state index in [0.717, 1.165) is 67.4 Å². The minimum Gasteiger partial charge on any atom is -0.454 e. The number of piperazine rings is 1. The largest absolute Gasteiger partial charge is 0.454 e. The van der Waals surface area contributed by atoms with Crippen LogP contribution in [0, 0.1) is 0 Å². The molecule has 6 nitrogen and oxygen atoms in total. The monoisotopic (exact) mass is 314 g/mol. The van der Waals surface area contributed by atoms with Crippen molar-refractivity contribution in [2.45, 2.75) is 0 Å². The van der Waals surface area contributed by atoms with Crippen molar-refractivity contribution in [3.8, 4) is 11.5 Å². The quantitative estimate of drug-likeness (QED) is 0.925. The summed E-state index contributed by atoms with van der Waals surface area (Å²) in [6.45, 7) is 6.88. The molecule has 2 aliphatic rings. The second-order valence-corrected chi connectivity index (χ2v) is 6.15. The van der Waals surface area contributed by atoms with Gasteiger partial charge >= 0.3 is 0 Å². The lowest BCUT2D eigenvalue weighted by molar-refractivity contribution is 0.158. The maximum atomic E-state index is 5.48. The molecule has 0 saturated carbocycles. The van der Waals surface area contributed by atoms with Crippen molar-refractivity contribution in [3.63, 3.8) is 0 Å². The summed E-state index contributed by atoms with van der Waals surface area (Å²) < 4.78 is 10.9. The van der Waals surface area contributed by atoms with E-state index in [-0.39, 0.29) is 6.79 Å². The second-order valence-electron chi connectivity index (χ2n) is 6.15. The molecule has 122 valence electrons. The van der Waals surface area contributed by atoms with Gasteiger partial charge in [0.1, 0.15) is 0 Å². The number of hydrogen-bond donors (Lipinski definition) is 1. The van der Waals surface area contributed by atoms with Gasteiger partial charge < -0.3 is 19.7 Å². The van der Waals surface area contributed by atoms with E-state index in [1.807, 2.05) is 24.4 Å². The molecule has 23 heavy (non-hydrogen) atoms. The predicted molar refractivity (Wildman–Crippen MR) is 90.3 cm³/mol. The molecule has 1 N–H and O–H groups in total. The van der Waals surface area contributed by atoms with Gasteiger partial charge in [-0.05, 0) is 19.2 Å². The van der Waals surface area contributed by atoms with Gasteiger partial charge in [-0.25, -0.2) is 0 Å². The van der Waals surface area contributed by atoms with Crippen LogP contribution in [0.2, 0.25) is 0 Å². The predicted octanol–water partition coefficient (Wildman–Crippen LogP) is 1.62. The van der Waals surface area contributed by atoms with Crippen LogP contribution in [0.15, 0.2) is 24.4 Å². The molecule has 3 heterocycles. The van der Waals surface area contributed by atoms with Gasteiger partial charge in [-0.15, -0.1) is 0 Å². The summed E-state index contributed by atoms with van der Waals surface area (Å²) in [5.41, 5.74) is 2.03. The van der Waals surface area contributed by atoms with Crippen molar-refractivity contribution in [3.05, 3.63) is 24.4 Å². The van der Waals surface area contributed by atoms with Crippen LogP contribution in [0.1, 0.15) is 0 Å². The van der Waals surface area contributed by atoms with E-state index in [9.17, 15) is 0 Å². The Bertz CT molecular complexity index is 698. The van der Waals surface area contributed by atoms with Crippen LogP contribution in [-0.4, -0.2) is 67.9 Å². The fourth-order valence-corrected chi connectivity index (χ4v) is 3.11. The summed E-state index contributed by atoms with van der Waals surface area (Å²) in [5, 5.41) is 4.62. The topological polar surface area (TPSA) is 49.9 Å². The smallest absolute Gasteiger partial charge is 0.231 e. The van der Waals surface area contributed by atoms with Gasteiger partial charge in [-0.1, -0.05) is 0 Å². The number of nitrogens with zero attached hydrogens (tertiary/aromatic N) is 3. The fraction of sp³-hybridized carbons (Fsp3) is 0.471. The molecule has 4 rings (SSSR count). The highest BCUT2D eigenvalue weighted by Gasteiger charge is 2.16. The van der Waals surface area contributed by atoms with Crippen LogP contribution in [0.4, 0.5) is 5.69 Å². The number of benzene rings is 1. The second kappa shape index (κ2) is 6.22. The molecule has 0 radical (unpaired) electrons. The maximum Gasteiger partial charge on any atom is 0.231 e. The summed E-state index contributed by atoms with van der Waals surface area (Å²) in [7, 11) is 2.18. The number of nitrogens with one attached hydrogen (secondary N) is 1. The molecule has 1 saturated heterocycles. The van der Waals surface area contributed by atoms with Crippen LogP contribution in [0.5, 0.6) is 11.5 Å². The first-order chi connectivity index (χ1) is 11.3. The minimum atomic E-state index is 0.290. The zero-order valence-electron chi connectivity index (χ0n) is 13.4. The Morgan fingerprint density at radius 1 is 1.13 bits per heavy atom. The zero-order valence-corrected chi connectivity index (χ0v) is 13.4. The highest BCUT2D eigenvalue weighted by atomic mass is 16.7. The van der Waals surface area contributed by atoms with E-state index in [4.69, 9.17) is 9.47 Å². The van der Waals surface area contributed by atoms with E-state index >= 15 is 0 Å². The number of fused-ring (bicyclic) bond motifs is 2. The molecule has 1 fully saturated rings. The van der Waals surface area contributed by atoms with Gasteiger partial charge in [0.15, 0.2) is 11.5 Å². The maximum absolute atomic E-state index is 5.48. The Kier molecular flexibility index (Phi) is 3.93. The summed E-state index contributed by atoms with van der Waals surface area (Å²) >= 11 is 0. The van der Waals surface area contributed by atoms with Crippen molar-refractivity contribution in [1.29, 1.82) is 0 Å². The molecule has 0 bridgehead atoms. The first-order valence-corrected chi connectivity index (χ1v) is 8.13. The van der Waals surface area contributed by atoms with Crippen molar-refractivity contribution in [2.75, 3.05) is 58.4 Å². The van der Waals surface area contributed by atoms with Crippen LogP contribution in [0.25, 0.3) is 10.9 Å². The van der Waals surface area contributed by atoms with E-state index < -0.39 is 0 Å². The molecule has 6 heteroatoms.